The number of nitrogens with one attached hydrogen (secondary N) is 2. The van der Waals surface area contributed by atoms with Gasteiger partial charge in [0.05, 0.1) is 11.4 Å². The molecule has 9 heteroatoms. The second-order valence-electron chi connectivity index (χ2n) is 4.38. The van der Waals surface area contributed by atoms with E-state index in [2.05, 4.69) is 27.8 Å². The Morgan fingerprint density at radius 1 is 1.33 bits per heavy atom. The van der Waals surface area contributed by atoms with Crippen LogP contribution in [0.4, 0.5) is 11.7 Å². The molecule has 0 amide bonds. The van der Waals surface area contributed by atoms with Crippen LogP contribution in [0.2, 0.25) is 0 Å². The van der Waals surface area contributed by atoms with Gasteiger partial charge in [0.25, 0.3) is 0 Å². The number of nitrogens with two attached hydrogens (primary N) is 1. The van der Waals surface area contributed by atoms with E-state index in [9.17, 15) is 8.42 Å². The number of hydrogen-bond acceptors (Lipinski definition) is 7. The average Bonchev–Trinajstić information content (AvgIpc) is 2.86. The van der Waals surface area contributed by atoms with E-state index >= 15 is 0 Å². The van der Waals surface area contributed by atoms with Crippen molar-refractivity contribution >= 4 is 21.7 Å². The molecule has 1 aromatic heterocycles. The Labute approximate surface area is 122 Å². The third-order valence-electron chi connectivity index (χ3n) is 2.58. The monoisotopic (exact) mass is 311 g/mol. The third-order valence-corrected chi connectivity index (χ3v) is 3.49. The molecular weight excluding hydrogens is 294 g/mol. The highest BCUT2D eigenvalue weighted by molar-refractivity contribution is 7.89. The molecule has 0 radical (unpaired) electrons. The van der Waals surface area contributed by atoms with E-state index in [4.69, 9.17) is 9.56 Å². The maximum atomic E-state index is 11.3. The van der Waals surface area contributed by atoms with Gasteiger partial charge in [-0.1, -0.05) is 18.1 Å². The molecule has 0 unspecified atom stereocenters. The highest BCUT2D eigenvalue weighted by atomic mass is 32.2. The van der Waals surface area contributed by atoms with Crippen LogP contribution in [0.3, 0.4) is 0 Å². The topological polar surface area (TPSA) is 123 Å². The largest absolute Gasteiger partial charge is 0.406 e. The van der Waals surface area contributed by atoms with Crippen molar-refractivity contribution in [1.29, 1.82) is 0 Å². The minimum absolute atomic E-state index is 0.0110. The van der Waals surface area contributed by atoms with Crippen LogP contribution in [0.1, 0.15) is 19.2 Å². The van der Waals surface area contributed by atoms with E-state index in [0.717, 1.165) is 13.0 Å². The molecule has 0 spiro atoms. The van der Waals surface area contributed by atoms with E-state index < -0.39 is 10.0 Å². The van der Waals surface area contributed by atoms with Crippen LogP contribution in [0.15, 0.2) is 33.6 Å². The second kappa shape index (κ2) is 6.66. The molecular formula is C12H17N5O3S. The van der Waals surface area contributed by atoms with Crippen molar-refractivity contribution < 1.29 is 12.8 Å². The van der Waals surface area contributed by atoms with Crippen LogP contribution in [0.25, 0.3) is 0 Å². The summed E-state index contributed by atoms with van der Waals surface area (Å²) in [5, 5.41) is 18.8. The van der Waals surface area contributed by atoms with E-state index in [1.54, 1.807) is 12.1 Å². The summed E-state index contributed by atoms with van der Waals surface area (Å²) in [5.41, 5.74) is 0.498. The van der Waals surface area contributed by atoms with Crippen LogP contribution in [0, 0.1) is 0 Å². The standard InChI is InChI=1S/C12H17N5O3S/c1-2-6-14-8-11-16-17-12(20-11)15-9-4-3-5-10(7-9)21(13,18)19/h3-5,7,14H,2,6,8H2,1H3,(H,15,17)(H2,13,18,19). The molecule has 1 aromatic carbocycles. The Kier molecular flexibility index (Phi) is 4.89. The number of nitrogens with zero attached hydrogens (tertiary/aromatic N) is 2. The van der Waals surface area contributed by atoms with Crippen molar-refractivity contribution in [2.24, 2.45) is 5.14 Å². The van der Waals surface area contributed by atoms with Gasteiger partial charge in [-0.2, -0.15) is 0 Å². The van der Waals surface area contributed by atoms with Gasteiger partial charge < -0.3 is 15.1 Å². The second-order valence-corrected chi connectivity index (χ2v) is 5.94. The molecule has 0 aliphatic carbocycles. The Morgan fingerprint density at radius 2 is 2.14 bits per heavy atom. The summed E-state index contributed by atoms with van der Waals surface area (Å²) in [7, 11) is -3.74. The zero-order chi connectivity index (χ0) is 15.3. The van der Waals surface area contributed by atoms with Gasteiger partial charge in [0, 0.05) is 5.69 Å². The van der Waals surface area contributed by atoms with Crippen molar-refractivity contribution in [2.45, 2.75) is 24.8 Å². The van der Waals surface area contributed by atoms with Crippen LogP contribution in [-0.4, -0.2) is 25.2 Å². The Morgan fingerprint density at radius 3 is 2.86 bits per heavy atom. The molecule has 0 bridgehead atoms. The lowest BCUT2D eigenvalue weighted by Gasteiger charge is -2.03. The maximum absolute atomic E-state index is 11.3. The zero-order valence-corrected chi connectivity index (χ0v) is 12.4. The first kappa shape index (κ1) is 15.4. The lowest BCUT2D eigenvalue weighted by atomic mass is 10.3. The van der Waals surface area contributed by atoms with Gasteiger partial charge in [0.1, 0.15) is 0 Å². The summed E-state index contributed by atoms with van der Waals surface area (Å²) in [5.74, 6) is 0.452. The minimum atomic E-state index is -3.74. The molecule has 0 aliphatic heterocycles. The number of benzene rings is 1. The Bertz CT molecular complexity index is 698. The first-order valence-electron chi connectivity index (χ1n) is 6.42. The molecule has 8 nitrogen and oxygen atoms in total. The highest BCUT2D eigenvalue weighted by Gasteiger charge is 2.10. The summed E-state index contributed by atoms with van der Waals surface area (Å²) in [6, 6.07) is 6.24. The third kappa shape index (κ3) is 4.52. The summed E-state index contributed by atoms with van der Waals surface area (Å²) in [6.45, 7) is 3.41. The van der Waals surface area contributed by atoms with Gasteiger partial charge in [-0.3, -0.25) is 0 Å². The fourth-order valence-corrected chi connectivity index (χ4v) is 2.18. The van der Waals surface area contributed by atoms with Gasteiger partial charge in [0.15, 0.2) is 0 Å². The summed E-state index contributed by atoms with van der Waals surface area (Å²) in [6.07, 6.45) is 1.01. The fourth-order valence-electron chi connectivity index (χ4n) is 1.62. The van der Waals surface area contributed by atoms with E-state index in [1.807, 2.05) is 0 Å². The Balaban J connectivity index is 2.05. The van der Waals surface area contributed by atoms with Crippen LogP contribution >= 0.6 is 0 Å². The first-order valence-corrected chi connectivity index (χ1v) is 7.96. The summed E-state index contributed by atoms with van der Waals surface area (Å²) >= 11 is 0. The number of anilines is 2. The molecule has 2 aromatic rings. The summed E-state index contributed by atoms with van der Waals surface area (Å²) < 4.78 is 27.9. The molecule has 2 rings (SSSR count). The van der Waals surface area contributed by atoms with Crippen molar-refractivity contribution in [1.82, 2.24) is 15.5 Å². The predicted octanol–water partition coefficient (Wildman–Crippen LogP) is 0.960. The molecule has 4 N–H and O–H groups in total. The summed E-state index contributed by atoms with van der Waals surface area (Å²) in [4.78, 5) is 0.0110. The van der Waals surface area contributed by atoms with Gasteiger partial charge >= 0.3 is 6.01 Å². The highest BCUT2D eigenvalue weighted by Crippen LogP contribution is 2.18. The van der Waals surface area contributed by atoms with Crippen molar-refractivity contribution in [2.75, 3.05) is 11.9 Å². The quantitative estimate of drug-likeness (QED) is 0.651. The lowest BCUT2D eigenvalue weighted by molar-refractivity contribution is 0.479. The van der Waals surface area contributed by atoms with E-state index in [-0.39, 0.29) is 10.9 Å². The van der Waals surface area contributed by atoms with Gasteiger partial charge in [0.2, 0.25) is 15.9 Å². The minimum Gasteiger partial charge on any atom is -0.406 e. The van der Waals surface area contributed by atoms with E-state index in [1.165, 1.54) is 12.1 Å². The molecule has 0 saturated heterocycles. The van der Waals surface area contributed by atoms with Crippen molar-refractivity contribution in [3.63, 3.8) is 0 Å². The first-order chi connectivity index (χ1) is 9.99. The van der Waals surface area contributed by atoms with Crippen LogP contribution < -0.4 is 15.8 Å². The smallest absolute Gasteiger partial charge is 0.320 e. The maximum Gasteiger partial charge on any atom is 0.320 e. The fraction of sp³-hybridized carbons (Fsp3) is 0.333. The van der Waals surface area contributed by atoms with Gasteiger partial charge in [-0.25, -0.2) is 13.6 Å². The van der Waals surface area contributed by atoms with Crippen LogP contribution in [-0.2, 0) is 16.6 Å². The molecule has 1 heterocycles. The Hall–Kier alpha value is -1.97. The number of rotatable bonds is 7. The van der Waals surface area contributed by atoms with Gasteiger partial charge in [-0.15, -0.1) is 5.10 Å². The molecule has 0 fully saturated rings. The average molecular weight is 311 g/mol. The molecule has 0 atom stereocenters. The molecule has 0 saturated carbocycles. The number of hydrogen-bond donors (Lipinski definition) is 3. The van der Waals surface area contributed by atoms with Crippen molar-refractivity contribution in [3.05, 3.63) is 30.2 Å². The van der Waals surface area contributed by atoms with E-state index in [0.29, 0.717) is 18.1 Å². The number of primary sulfonamides is 1. The van der Waals surface area contributed by atoms with Crippen LogP contribution in [0.5, 0.6) is 0 Å². The van der Waals surface area contributed by atoms with Gasteiger partial charge in [-0.05, 0) is 31.2 Å². The van der Waals surface area contributed by atoms with Crippen molar-refractivity contribution in [3.8, 4) is 0 Å². The predicted molar refractivity (Wildman–Crippen MR) is 77.4 cm³/mol. The molecule has 0 aliphatic rings. The number of aromatic nitrogens is 2. The normalized spacial score (nSPS) is 11.5. The molecule has 114 valence electrons. The molecule has 21 heavy (non-hydrogen) atoms. The lowest BCUT2D eigenvalue weighted by Crippen LogP contribution is -2.13. The SMILES string of the molecule is CCCNCc1nnc(Nc2cccc(S(N)(=O)=O)c2)o1. The zero-order valence-electron chi connectivity index (χ0n) is 11.5. The number of sulfonamides is 1.